The molecule has 1 aromatic carbocycles. The Hall–Kier alpha value is -1.66. The highest BCUT2D eigenvalue weighted by molar-refractivity contribution is 7.89. The molecule has 92 valence electrons. The highest BCUT2D eigenvalue weighted by atomic mass is 32.2. The molecule has 0 unspecified atom stereocenters. The van der Waals surface area contributed by atoms with E-state index in [1.54, 1.807) is 0 Å². The summed E-state index contributed by atoms with van der Waals surface area (Å²) in [6.45, 7) is 3.32. The number of nitrogens with one attached hydrogen (secondary N) is 1. The SMILES string of the molecule is C=CC(=O)Nc1ccc(S(=O)(=O)N(C)C)cc1. The maximum atomic E-state index is 11.7. The fourth-order valence-electron chi connectivity index (χ4n) is 1.11. The van der Waals surface area contributed by atoms with Crippen molar-refractivity contribution in [1.29, 1.82) is 0 Å². The van der Waals surface area contributed by atoms with Crippen LogP contribution in [0.1, 0.15) is 0 Å². The molecule has 0 radical (unpaired) electrons. The van der Waals surface area contributed by atoms with E-state index in [0.29, 0.717) is 5.69 Å². The first-order valence-corrected chi connectivity index (χ1v) is 6.28. The first-order valence-electron chi connectivity index (χ1n) is 4.84. The lowest BCUT2D eigenvalue weighted by molar-refractivity contribution is -0.111. The van der Waals surface area contributed by atoms with Crippen LogP contribution in [0.4, 0.5) is 5.69 Å². The van der Waals surface area contributed by atoms with Gasteiger partial charge >= 0.3 is 0 Å². The molecule has 6 heteroatoms. The Morgan fingerprint density at radius 1 is 1.29 bits per heavy atom. The smallest absolute Gasteiger partial charge is 0.247 e. The third kappa shape index (κ3) is 3.15. The zero-order valence-corrected chi connectivity index (χ0v) is 10.5. The Balaban J connectivity index is 2.96. The number of hydrogen-bond acceptors (Lipinski definition) is 3. The minimum Gasteiger partial charge on any atom is -0.323 e. The van der Waals surface area contributed by atoms with Crippen LogP contribution in [0.25, 0.3) is 0 Å². The molecule has 0 bridgehead atoms. The van der Waals surface area contributed by atoms with E-state index in [0.717, 1.165) is 10.4 Å². The first-order chi connectivity index (χ1) is 7.87. The van der Waals surface area contributed by atoms with Crippen LogP contribution in [0.3, 0.4) is 0 Å². The number of carbonyl (C=O) groups excluding carboxylic acids is 1. The lowest BCUT2D eigenvalue weighted by Gasteiger charge is -2.11. The molecule has 5 nitrogen and oxygen atoms in total. The van der Waals surface area contributed by atoms with Crippen molar-refractivity contribution >= 4 is 21.6 Å². The summed E-state index contributed by atoms with van der Waals surface area (Å²) >= 11 is 0. The standard InChI is InChI=1S/C11H14N2O3S/c1-4-11(14)12-9-5-7-10(8-6-9)17(15,16)13(2)3/h4-8H,1H2,2-3H3,(H,12,14). The van der Waals surface area contributed by atoms with Crippen molar-refractivity contribution in [2.45, 2.75) is 4.90 Å². The van der Waals surface area contributed by atoms with Gasteiger partial charge in [-0.05, 0) is 30.3 Å². The molecule has 0 saturated carbocycles. The van der Waals surface area contributed by atoms with Crippen molar-refractivity contribution in [3.8, 4) is 0 Å². The van der Waals surface area contributed by atoms with Crippen molar-refractivity contribution < 1.29 is 13.2 Å². The van der Waals surface area contributed by atoms with Gasteiger partial charge in [-0.3, -0.25) is 4.79 Å². The molecule has 0 spiro atoms. The topological polar surface area (TPSA) is 66.5 Å². The van der Waals surface area contributed by atoms with E-state index in [2.05, 4.69) is 11.9 Å². The maximum absolute atomic E-state index is 11.7. The Morgan fingerprint density at radius 3 is 2.24 bits per heavy atom. The number of benzene rings is 1. The predicted molar refractivity (Wildman–Crippen MR) is 66.1 cm³/mol. The van der Waals surface area contributed by atoms with Crippen LogP contribution in [0.2, 0.25) is 0 Å². The average molecular weight is 254 g/mol. The van der Waals surface area contributed by atoms with E-state index in [9.17, 15) is 13.2 Å². The second-order valence-electron chi connectivity index (χ2n) is 3.51. The summed E-state index contributed by atoms with van der Waals surface area (Å²) in [7, 11) is -0.505. The van der Waals surface area contributed by atoms with Crippen LogP contribution in [-0.2, 0) is 14.8 Å². The Labute approximate surface area is 101 Å². The Morgan fingerprint density at radius 2 is 1.82 bits per heavy atom. The molecule has 0 aliphatic rings. The van der Waals surface area contributed by atoms with E-state index < -0.39 is 10.0 Å². The van der Waals surface area contributed by atoms with E-state index in [1.165, 1.54) is 38.4 Å². The van der Waals surface area contributed by atoms with Crippen LogP contribution >= 0.6 is 0 Å². The fraction of sp³-hybridized carbons (Fsp3) is 0.182. The lowest BCUT2D eigenvalue weighted by Crippen LogP contribution is -2.22. The minimum absolute atomic E-state index is 0.180. The summed E-state index contributed by atoms with van der Waals surface area (Å²) in [6.07, 6.45) is 1.14. The van der Waals surface area contributed by atoms with Gasteiger partial charge in [0, 0.05) is 19.8 Å². The third-order valence-electron chi connectivity index (χ3n) is 2.09. The number of amides is 1. The van der Waals surface area contributed by atoms with Gasteiger partial charge in [-0.2, -0.15) is 0 Å². The third-order valence-corrected chi connectivity index (χ3v) is 3.92. The molecule has 0 saturated heterocycles. The lowest BCUT2D eigenvalue weighted by atomic mass is 10.3. The van der Waals surface area contributed by atoms with Gasteiger partial charge in [0.1, 0.15) is 0 Å². The monoisotopic (exact) mass is 254 g/mol. The van der Waals surface area contributed by atoms with Crippen LogP contribution < -0.4 is 5.32 Å². The van der Waals surface area contributed by atoms with Gasteiger partial charge in [-0.25, -0.2) is 12.7 Å². The van der Waals surface area contributed by atoms with Gasteiger partial charge in [-0.1, -0.05) is 6.58 Å². The highest BCUT2D eigenvalue weighted by Gasteiger charge is 2.16. The average Bonchev–Trinajstić information content (AvgIpc) is 2.29. The first kappa shape index (κ1) is 13.4. The fourth-order valence-corrected chi connectivity index (χ4v) is 2.02. The maximum Gasteiger partial charge on any atom is 0.247 e. The molecule has 0 aromatic heterocycles. The molecular weight excluding hydrogens is 240 g/mol. The van der Waals surface area contributed by atoms with Gasteiger partial charge in [0.15, 0.2) is 0 Å². The molecule has 0 heterocycles. The zero-order chi connectivity index (χ0) is 13.1. The van der Waals surface area contributed by atoms with Crippen molar-refractivity contribution in [3.05, 3.63) is 36.9 Å². The van der Waals surface area contributed by atoms with E-state index in [1.807, 2.05) is 0 Å². The second-order valence-corrected chi connectivity index (χ2v) is 5.66. The quantitative estimate of drug-likeness (QED) is 0.817. The van der Waals surface area contributed by atoms with Crippen LogP contribution in [0.15, 0.2) is 41.8 Å². The highest BCUT2D eigenvalue weighted by Crippen LogP contribution is 2.16. The molecule has 1 rings (SSSR count). The number of sulfonamides is 1. The van der Waals surface area contributed by atoms with Crippen LogP contribution in [-0.4, -0.2) is 32.7 Å². The summed E-state index contributed by atoms with van der Waals surface area (Å²) < 4.78 is 24.6. The van der Waals surface area contributed by atoms with Gasteiger partial charge < -0.3 is 5.32 Å². The van der Waals surface area contributed by atoms with Crippen molar-refractivity contribution in [1.82, 2.24) is 4.31 Å². The van der Waals surface area contributed by atoms with Gasteiger partial charge in [0.05, 0.1) is 4.90 Å². The summed E-state index contributed by atoms with van der Waals surface area (Å²) in [4.78, 5) is 11.2. The minimum atomic E-state index is -3.43. The molecule has 0 atom stereocenters. The van der Waals surface area contributed by atoms with Crippen molar-refractivity contribution in [2.24, 2.45) is 0 Å². The van der Waals surface area contributed by atoms with Crippen LogP contribution in [0, 0.1) is 0 Å². The predicted octanol–water partition coefficient (Wildman–Crippen LogP) is 1.06. The Bertz CT molecular complexity index is 518. The Kier molecular flexibility index (Phi) is 4.03. The molecule has 1 aromatic rings. The summed E-state index contributed by atoms with van der Waals surface area (Å²) in [5.41, 5.74) is 0.521. The van der Waals surface area contributed by atoms with Crippen LogP contribution in [0.5, 0.6) is 0 Å². The second kappa shape index (κ2) is 5.11. The molecule has 0 fully saturated rings. The molecular formula is C11H14N2O3S. The van der Waals surface area contributed by atoms with E-state index in [4.69, 9.17) is 0 Å². The number of nitrogens with zero attached hydrogens (tertiary/aromatic N) is 1. The van der Waals surface area contributed by atoms with Crippen molar-refractivity contribution in [3.63, 3.8) is 0 Å². The summed E-state index contributed by atoms with van der Waals surface area (Å²) in [5.74, 6) is -0.340. The summed E-state index contributed by atoms with van der Waals surface area (Å²) in [5, 5.41) is 2.53. The van der Waals surface area contributed by atoms with Gasteiger partial charge in [0.25, 0.3) is 0 Å². The summed E-state index contributed by atoms with van der Waals surface area (Å²) in [6, 6.07) is 5.93. The van der Waals surface area contributed by atoms with E-state index in [-0.39, 0.29) is 10.8 Å². The molecule has 17 heavy (non-hydrogen) atoms. The molecule has 0 aliphatic carbocycles. The number of anilines is 1. The van der Waals surface area contributed by atoms with E-state index >= 15 is 0 Å². The molecule has 0 aliphatic heterocycles. The normalized spacial score (nSPS) is 11.2. The van der Waals surface area contributed by atoms with Gasteiger partial charge in [-0.15, -0.1) is 0 Å². The largest absolute Gasteiger partial charge is 0.323 e. The van der Waals surface area contributed by atoms with Gasteiger partial charge in [0.2, 0.25) is 15.9 Å². The van der Waals surface area contributed by atoms with Crippen molar-refractivity contribution in [2.75, 3.05) is 19.4 Å². The number of hydrogen-bond donors (Lipinski definition) is 1. The number of rotatable bonds is 4. The zero-order valence-electron chi connectivity index (χ0n) is 9.67. The molecule has 1 N–H and O–H groups in total. The number of carbonyl (C=O) groups is 1. The molecule has 1 amide bonds.